The van der Waals surface area contributed by atoms with Gasteiger partial charge in [-0.3, -0.25) is 19.1 Å². The van der Waals surface area contributed by atoms with E-state index in [1.54, 1.807) is 35.4 Å². The molecule has 3 aromatic heterocycles. The highest BCUT2D eigenvalue weighted by Crippen LogP contribution is 2.40. The second-order valence-corrected chi connectivity index (χ2v) is 8.13. The van der Waals surface area contributed by atoms with E-state index in [0.717, 1.165) is 37.0 Å². The van der Waals surface area contributed by atoms with Gasteiger partial charge in [0.25, 0.3) is 11.5 Å². The number of carbonyl (C=O) groups excluding carboxylic acids is 1. The first kappa shape index (κ1) is 18.7. The fourth-order valence-electron chi connectivity index (χ4n) is 3.95. The van der Waals surface area contributed by atoms with Gasteiger partial charge in [-0.15, -0.1) is 0 Å². The molecule has 2 aliphatic rings. The quantitative estimate of drug-likeness (QED) is 0.648. The third kappa shape index (κ3) is 3.90. The molecule has 2 fully saturated rings. The van der Waals surface area contributed by atoms with Crippen molar-refractivity contribution in [3.8, 4) is 11.3 Å². The summed E-state index contributed by atoms with van der Waals surface area (Å²) in [5.74, 6) is 1.54. The Hall–Kier alpha value is -3.29. The molecule has 1 amide bonds. The number of aromatic nitrogens is 4. The maximum Gasteiger partial charge on any atom is 0.276 e. The predicted octanol–water partition coefficient (Wildman–Crippen LogP) is 2.72. The molecule has 154 valence electrons. The fourth-order valence-corrected chi connectivity index (χ4v) is 3.95. The van der Waals surface area contributed by atoms with Gasteiger partial charge in [0.15, 0.2) is 5.69 Å². The van der Waals surface area contributed by atoms with E-state index in [1.165, 1.54) is 0 Å². The highest BCUT2D eigenvalue weighted by Gasteiger charge is 2.31. The molecule has 3 aromatic rings. The Kier molecular flexibility index (Phi) is 4.90. The summed E-state index contributed by atoms with van der Waals surface area (Å²) in [6, 6.07) is 7.03. The SMILES string of the molecule is O=C(c1cc(C2CC2)on1)N1CCC(Cn2cnc(-c3ccncc3)cc2=O)CC1. The Balaban J connectivity index is 1.19. The maximum atomic E-state index is 12.7. The number of amides is 1. The van der Waals surface area contributed by atoms with Crippen LogP contribution in [0.3, 0.4) is 0 Å². The Morgan fingerprint density at radius 2 is 1.87 bits per heavy atom. The van der Waals surface area contributed by atoms with Crippen LogP contribution in [-0.2, 0) is 6.54 Å². The Bertz CT molecular complexity index is 1100. The minimum atomic E-state index is -0.0652. The van der Waals surface area contributed by atoms with E-state index >= 15 is 0 Å². The summed E-state index contributed by atoms with van der Waals surface area (Å²) in [4.78, 5) is 35.5. The van der Waals surface area contributed by atoms with Crippen molar-refractivity contribution >= 4 is 5.91 Å². The molecule has 0 atom stereocenters. The molecule has 1 aliphatic carbocycles. The van der Waals surface area contributed by atoms with Gasteiger partial charge < -0.3 is 9.42 Å². The van der Waals surface area contributed by atoms with Crippen LogP contribution in [0.1, 0.15) is 47.8 Å². The van der Waals surface area contributed by atoms with E-state index in [4.69, 9.17) is 4.52 Å². The first-order valence-electron chi connectivity index (χ1n) is 10.4. The van der Waals surface area contributed by atoms with Gasteiger partial charge in [-0.25, -0.2) is 4.98 Å². The van der Waals surface area contributed by atoms with Crippen molar-refractivity contribution in [2.24, 2.45) is 5.92 Å². The van der Waals surface area contributed by atoms with Gasteiger partial charge >= 0.3 is 0 Å². The molecule has 8 nitrogen and oxygen atoms in total. The summed E-state index contributed by atoms with van der Waals surface area (Å²) < 4.78 is 6.97. The van der Waals surface area contributed by atoms with E-state index in [1.807, 2.05) is 17.0 Å². The Labute approximate surface area is 173 Å². The van der Waals surface area contributed by atoms with E-state index in [-0.39, 0.29) is 11.5 Å². The average Bonchev–Trinajstić information content (AvgIpc) is 3.52. The molecule has 0 spiro atoms. The first-order valence-corrected chi connectivity index (χ1v) is 10.4. The van der Waals surface area contributed by atoms with Crippen molar-refractivity contribution in [1.82, 2.24) is 24.6 Å². The zero-order chi connectivity index (χ0) is 20.5. The monoisotopic (exact) mass is 405 g/mol. The molecule has 1 saturated carbocycles. The van der Waals surface area contributed by atoms with Gasteiger partial charge in [0.05, 0.1) is 12.0 Å². The van der Waals surface area contributed by atoms with Crippen molar-refractivity contribution in [1.29, 1.82) is 0 Å². The summed E-state index contributed by atoms with van der Waals surface area (Å²) in [5, 5.41) is 3.96. The summed E-state index contributed by atoms with van der Waals surface area (Å²) in [6.07, 6.45) is 8.91. The second-order valence-electron chi connectivity index (χ2n) is 8.13. The normalized spacial score (nSPS) is 17.3. The molecule has 0 bridgehead atoms. The lowest BCUT2D eigenvalue weighted by atomic mass is 9.96. The number of piperidine rings is 1. The standard InChI is InChI=1S/C22H23N5O3/c28-21-12-18(16-3-7-23-8-4-16)24-14-27(21)13-15-5-9-26(10-6-15)22(29)19-11-20(30-25-19)17-1-2-17/h3-4,7-8,11-12,14-15,17H,1-2,5-6,9-10,13H2. The number of nitrogens with zero attached hydrogens (tertiary/aromatic N) is 5. The topological polar surface area (TPSA) is 94.1 Å². The van der Waals surface area contributed by atoms with Gasteiger partial charge in [-0.1, -0.05) is 5.16 Å². The highest BCUT2D eigenvalue weighted by molar-refractivity contribution is 5.92. The van der Waals surface area contributed by atoms with Crippen molar-refractivity contribution in [2.45, 2.75) is 38.1 Å². The summed E-state index contributed by atoms with van der Waals surface area (Å²) >= 11 is 0. The lowest BCUT2D eigenvalue weighted by Crippen LogP contribution is -2.40. The molecule has 0 radical (unpaired) electrons. The molecular formula is C22H23N5O3. The highest BCUT2D eigenvalue weighted by atomic mass is 16.5. The fraction of sp³-hybridized carbons (Fsp3) is 0.409. The molecule has 8 heteroatoms. The summed E-state index contributed by atoms with van der Waals surface area (Å²) in [5.41, 5.74) is 1.86. The molecule has 0 aromatic carbocycles. The zero-order valence-corrected chi connectivity index (χ0v) is 16.6. The average molecular weight is 405 g/mol. The van der Waals surface area contributed by atoms with E-state index in [9.17, 15) is 9.59 Å². The predicted molar refractivity (Wildman–Crippen MR) is 109 cm³/mol. The molecule has 1 aliphatic heterocycles. The maximum absolute atomic E-state index is 12.7. The number of rotatable bonds is 5. The van der Waals surface area contributed by atoms with E-state index < -0.39 is 0 Å². The third-order valence-corrected chi connectivity index (χ3v) is 5.94. The smallest absolute Gasteiger partial charge is 0.276 e. The number of hydrogen-bond donors (Lipinski definition) is 0. The summed E-state index contributed by atoms with van der Waals surface area (Å²) in [7, 11) is 0. The molecule has 5 rings (SSSR count). The largest absolute Gasteiger partial charge is 0.360 e. The molecule has 0 N–H and O–H groups in total. The Morgan fingerprint density at radius 3 is 2.57 bits per heavy atom. The first-order chi connectivity index (χ1) is 14.7. The van der Waals surface area contributed by atoms with Gasteiger partial charge in [-0.05, 0) is 43.7 Å². The molecule has 4 heterocycles. The Morgan fingerprint density at radius 1 is 1.10 bits per heavy atom. The van der Waals surface area contributed by atoms with Crippen LogP contribution >= 0.6 is 0 Å². The lowest BCUT2D eigenvalue weighted by molar-refractivity contribution is 0.0671. The van der Waals surface area contributed by atoms with Crippen molar-refractivity contribution in [3.05, 3.63) is 64.8 Å². The van der Waals surface area contributed by atoms with Crippen LogP contribution in [0.15, 0.2) is 52.3 Å². The molecular weight excluding hydrogens is 382 g/mol. The van der Waals surface area contributed by atoms with Crippen molar-refractivity contribution in [2.75, 3.05) is 13.1 Å². The number of pyridine rings is 1. The summed E-state index contributed by atoms with van der Waals surface area (Å²) in [6.45, 7) is 1.93. The van der Waals surface area contributed by atoms with Gasteiger partial charge in [0, 0.05) is 55.6 Å². The third-order valence-electron chi connectivity index (χ3n) is 5.94. The second kappa shape index (κ2) is 7.85. The van der Waals surface area contributed by atoms with E-state index in [2.05, 4.69) is 15.1 Å². The van der Waals surface area contributed by atoms with Gasteiger partial charge in [-0.2, -0.15) is 0 Å². The number of hydrogen-bond acceptors (Lipinski definition) is 6. The van der Waals surface area contributed by atoms with Crippen molar-refractivity contribution < 1.29 is 9.32 Å². The molecule has 1 saturated heterocycles. The minimum absolute atomic E-state index is 0.0643. The number of carbonyl (C=O) groups is 1. The van der Waals surface area contributed by atoms with Gasteiger partial charge in [0.2, 0.25) is 0 Å². The van der Waals surface area contributed by atoms with Crippen LogP contribution in [0.2, 0.25) is 0 Å². The number of likely N-dealkylation sites (tertiary alicyclic amines) is 1. The van der Waals surface area contributed by atoms with Crippen LogP contribution in [0, 0.1) is 5.92 Å². The van der Waals surface area contributed by atoms with Crippen LogP contribution in [0.4, 0.5) is 0 Å². The molecule has 0 unspecified atom stereocenters. The minimum Gasteiger partial charge on any atom is -0.360 e. The van der Waals surface area contributed by atoms with Crippen LogP contribution in [0.5, 0.6) is 0 Å². The van der Waals surface area contributed by atoms with Gasteiger partial charge in [0.1, 0.15) is 5.76 Å². The van der Waals surface area contributed by atoms with E-state index in [0.29, 0.717) is 42.9 Å². The molecule has 30 heavy (non-hydrogen) atoms. The van der Waals surface area contributed by atoms with Crippen LogP contribution in [0.25, 0.3) is 11.3 Å². The van der Waals surface area contributed by atoms with Crippen LogP contribution < -0.4 is 5.56 Å². The van der Waals surface area contributed by atoms with Crippen molar-refractivity contribution in [3.63, 3.8) is 0 Å². The van der Waals surface area contributed by atoms with Crippen LogP contribution in [-0.4, -0.2) is 43.6 Å². The zero-order valence-electron chi connectivity index (χ0n) is 16.6. The lowest BCUT2D eigenvalue weighted by Gasteiger charge is -2.31.